The van der Waals surface area contributed by atoms with Crippen LogP contribution >= 0.6 is 11.8 Å². The summed E-state index contributed by atoms with van der Waals surface area (Å²) in [7, 11) is 0. The molecule has 0 aliphatic carbocycles. The summed E-state index contributed by atoms with van der Waals surface area (Å²) in [4.78, 5) is 37.6. The lowest BCUT2D eigenvalue weighted by atomic mass is 10.0. The molecule has 25 heavy (non-hydrogen) atoms. The van der Waals surface area contributed by atoms with Crippen molar-refractivity contribution in [2.24, 2.45) is 11.7 Å². The van der Waals surface area contributed by atoms with Gasteiger partial charge in [-0.2, -0.15) is 0 Å². The van der Waals surface area contributed by atoms with Crippen LogP contribution in [0.25, 0.3) is 0 Å². The van der Waals surface area contributed by atoms with Gasteiger partial charge in [-0.05, 0) is 19.8 Å². The third kappa shape index (κ3) is 4.65. The fraction of sp³-hybridized carbons (Fsp3) is 0.812. The first kappa shape index (κ1) is 20.0. The van der Waals surface area contributed by atoms with Crippen LogP contribution in [-0.4, -0.2) is 69.6 Å². The number of aliphatic hydroxyl groups excluding tert-OH is 1. The summed E-state index contributed by atoms with van der Waals surface area (Å²) in [5.74, 6) is -0.516. The molecule has 4 atom stereocenters. The van der Waals surface area contributed by atoms with Gasteiger partial charge in [0.15, 0.2) is 0 Å². The normalized spacial score (nSPS) is 28.8. The van der Waals surface area contributed by atoms with E-state index in [-0.39, 0.29) is 22.6 Å². The molecule has 9 heteroatoms. The van der Waals surface area contributed by atoms with Crippen LogP contribution in [0.5, 0.6) is 0 Å². The van der Waals surface area contributed by atoms with Crippen molar-refractivity contribution in [3.05, 3.63) is 0 Å². The SMILES string of the molecule is CC(C)C(=O)N1CCCC2(C1)N[C@H](C(=O)N[C@H](C(N)=O)[C@@H](C)O)CS2. The first-order valence-electron chi connectivity index (χ1n) is 8.63. The number of thioether (sulfide) groups is 1. The van der Waals surface area contributed by atoms with E-state index in [1.807, 2.05) is 18.7 Å². The lowest BCUT2D eigenvalue weighted by molar-refractivity contribution is -0.136. The standard InChI is InChI=1S/C16H28N4O4S/c1-9(2)15(24)20-6-4-5-16(8-20)19-11(7-25-16)14(23)18-12(10(3)21)13(17)22/h9-12,19,21H,4-8H2,1-3H3,(H2,17,22)(H,18,23)/t10-,11+,12+,16?/m1/s1. The van der Waals surface area contributed by atoms with Gasteiger partial charge in [0.05, 0.1) is 17.0 Å². The molecule has 5 N–H and O–H groups in total. The molecule has 1 unspecified atom stereocenters. The molecule has 1 spiro atoms. The third-order valence-corrected chi connectivity index (χ3v) is 6.13. The smallest absolute Gasteiger partial charge is 0.242 e. The van der Waals surface area contributed by atoms with Crippen LogP contribution in [-0.2, 0) is 14.4 Å². The number of hydrogen-bond acceptors (Lipinski definition) is 6. The minimum Gasteiger partial charge on any atom is -0.391 e. The van der Waals surface area contributed by atoms with Crippen LogP contribution in [0.2, 0.25) is 0 Å². The van der Waals surface area contributed by atoms with Gasteiger partial charge in [-0.15, -0.1) is 11.8 Å². The van der Waals surface area contributed by atoms with Gasteiger partial charge in [-0.1, -0.05) is 13.8 Å². The Labute approximate surface area is 152 Å². The van der Waals surface area contributed by atoms with Gasteiger partial charge in [-0.3, -0.25) is 19.7 Å². The maximum atomic E-state index is 12.4. The quantitative estimate of drug-likeness (QED) is 0.491. The van der Waals surface area contributed by atoms with E-state index in [0.717, 1.165) is 19.4 Å². The average molecular weight is 372 g/mol. The second-order valence-electron chi connectivity index (χ2n) is 7.15. The number of hydrogen-bond donors (Lipinski definition) is 4. The van der Waals surface area contributed by atoms with Gasteiger partial charge >= 0.3 is 0 Å². The summed E-state index contributed by atoms with van der Waals surface area (Å²) in [6.07, 6.45) is 0.696. The minimum absolute atomic E-state index is 0.0528. The van der Waals surface area contributed by atoms with Crippen LogP contribution in [0.3, 0.4) is 0 Å². The van der Waals surface area contributed by atoms with Crippen molar-refractivity contribution in [1.29, 1.82) is 0 Å². The lowest BCUT2D eigenvalue weighted by Gasteiger charge is -2.41. The Morgan fingerprint density at radius 3 is 2.60 bits per heavy atom. The Balaban J connectivity index is 1.99. The summed E-state index contributed by atoms with van der Waals surface area (Å²) in [5.41, 5.74) is 5.22. The van der Waals surface area contributed by atoms with Crippen molar-refractivity contribution in [2.45, 2.75) is 56.7 Å². The van der Waals surface area contributed by atoms with E-state index in [0.29, 0.717) is 12.3 Å². The second-order valence-corrected chi connectivity index (χ2v) is 8.55. The van der Waals surface area contributed by atoms with Crippen LogP contribution in [0.1, 0.15) is 33.6 Å². The van der Waals surface area contributed by atoms with Crippen molar-refractivity contribution in [3.8, 4) is 0 Å². The van der Waals surface area contributed by atoms with Gasteiger partial charge in [0.2, 0.25) is 17.7 Å². The molecule has 0 saturated carbocycles. The van der Waals surface area contributed by atoms with E-state index in [1.165, 1.54) is 6.92 Å². The fourth-order valence-corrected chi connectivity index (χ4v) is 4.76. The summed E-state index contributed by atoms with van der Waals surface area (Å²) >= 11 is 1.63. The molecule has 0 aromatic heterocycles. The van der Waals surface area contributed by atoms with E-state index in [4.69, 9.17) is 5.73 Å². The molecular weight excluding hydrogens is 344 g/mol. The highest BCUT2D eigenvalue weighted by Gasteiger charge is 2.46. The number of nitrogens with one attached hydrogen (secondary N) is 2. The van der Waals surface area contributed by atoms with E-state index in [1.54, 1.807) is 11.8 Å². The number of primary amides is 1. The van der Waals surface area contributed by atoms with Crippen molar-refractivity contribution in [3.63, 3.8) is 0 Å². The topological polar surface area (TPSA) is 125 Å². The molecule has 2 fully saturated rings. The molecule has 0 radical (unpaired) electrons. The monoisotopic (exact) mass is 372 g/mol. The first-order valence-corrected chi connectivity index (χ1v) is 9.62. The Morgan fingerprint density at radius 2 is 2.04 bits per heavy atom. The Kier molecular flexibility index (Phi) is 6.34. The second kappa shape index (κ2) is 7.92. The van der Waals surface area contributed by atoms with Gasteiger partial charge < -0.3 is 21.1 Å². The van der Waals surface area contributed by atoms with Crippen molar-refractivity contribution in [2.75, 3.05) is 18.8 Å². The highest BCUT2D eigenvalue weighted by atomic mass is 32.2. The van der Waals surface area contributed by atoms with E-state index in [9.17, 15) is 19.5 Å². The summed E-state index contributed by atoms with van der Waals surface area (Å²) in [5, 5.41) is 15.4. The number of amides is 3. The number of carbonyl (C=O) groups is 3. The maximum Gasteiger partial charge on any atom is 0.242 e. The van der Waals surface area contributed by atoms with Crippen molar-refractivity contribution >= 4 is 29.5 Å². The number of aliphatic hydroxyl groups is 1. The van der Waals surface area contributed by atoms with Crippen LogP contribution in [0.15, 0.2) is 0 Å². The molecule has 8 nitrogen and oxygen atoms in total. The van der Waals surface area contributed by atoms with Crippen molar-refractivity contribution < 1.29 is 19.5 Å². The molecule has 2 rings (SSSR count). The zero-order valence-electron chi connectivity index (χ0n) is 14.9. The minimum atomic E-state index is -1.11. The largest absolute Gasteiger partial charge is 0.391 e. The van der Waals surface area contributed by atoms with Gasteiger partial charge in [0.1, 0.15) is 6.04 Å². The molecule has 0 aromatic carbocycles. The molecule has 2 aliphatic heterocycles. The molecular formula is C16H28N4O4S. The van der Waals surface area contributed by atoms with E-state index in [2.05, 4.69) is 10.6 Å². The molecule has 0 aromatic rings. The number of likely N-dealkylation sites (tertiary alicyclic amines) is 1. The van der Waals surface area contributed by atoms with E-state index >= 15 is 0 Å². The van der Waals surface area contributed by atoms with Crippen molar-refractivity contribution in [1.82, 2.24) is 15.5 Å². The highest BCUT2D eigenvalue weighted by Crippen LogP contribution is 2.38. The van der Waals surface area contributed by atoms with Crippen LogP contribution in [0.4, 0.5) is 0 Å². The first-order chi connectivity index (χ1) is 11.6. The van der Waals surface area contributed by atoms with E-state index < -0.39 is 24.1 Å². The molecule has 2 heterocycles. The van der Waals surface area contributed by atoms with Gasteiger partial charge in [0, 0.05) is 24.8 Å². The maximum absolute atomic E-state index is 12.4. The molecule has 2 saturated heterocycles. The average Bonchev–Trinajstić information content (AvgIpc) is 2.94. The number of piperidine rings is 1. The highest BCUT2D eigenvalue weighted by molar-refractivity contribution is 8.01. The number of carbonyl (C=O) groups excluding carboxylic acids is 3. The number of nitrogens with zero attached hydrogens (tertiary/aromatic N) is 1. The summed E-state index contributed by atoms with van der Waals surface area (Å²) in [6, 6.07) is -1.60. The van der Waals surface area contributed by atoms with Gasteiger partial charge in [0.25, 0.3) is 0 Å². The summed E-state index contributed by atoms with van der Waals surface area (Å²) in [6.45, 7) is 6.48. The number of rotatable bonds is 5. The molecule has 0 bridgehead atoms. The predicted octanol–water partition coefficient (Wildman–Crippen LogP) is -0.983. The molecule has 2 aliphatic rings. The zero-order valence-corrected chi connectivity index (χ0v) is 15.8. The predicted molar refractivity (Wildman–Crippen MR) is 95.6 cm³/mol. The van der Waals surface area contributed by atoms with Gasteiger partial charge in [-0.25, -0.2) is 0 Å². The third-order valence-electron chi connectivity index (χ3n) is 4.63. The Morgan fingerprint density at radius 1 is 1.36 bits per heavy atom. The number of nitrogens with two attached hydrogens (primary N) is 1. The fourth-order valence-electron chi connectivity index (χ4n) is 3.28. The zero-order chi connectivity index (χ0) is 18.8. The van der Waals surface area contributed by atoms with Crippen LogP contribution in [0, 0.1) is 5.92 Å². The molecule has 3 amide bonds. The molecule has 142 valence electrons. The Bertz CT molecular complexity index is 542. The van der Waals surface area contributed by atoms with Crippen LogP contribution < -0.4 is 16.4 Å². The summed E-state index contributed by atoms with van der Waals surface area (Å²) < 4.78 is 0. The Hall–Kier alpha value is -1.32. The lowest BCUT2D eigenvalue weighted by Crippen LogP contribution is -2.60.